The highest BCUT2D eigenvalue weighted by Gasteiger charge is 2.20. The molecule has 27 heavy (non-hydrogen) atoms. The van der Waals surface area contributed by atoms with Gasteiger partial charge in [0.15, 0.2) is 19.7 Å². The molecule has 0 spiro atoms. The Bertz CT molecular complexity index is 882. The monoisotopic (exact) mass is 409 g/mol. The smallest absolute Gasteiger partial charge is 0.526 e. The summed E-state index contributed by atoms with van der Waals surface area (Å²) >= 11 is 0. The van der Waals surface area contributed by atoms with Crippen LogP contribution in [-0.2, 0) is 19.7 Å². The van der Waals surface area contributed by atoms with Crippen LogP contribution < -0.4 is 9.31 Å². The molecule has 2 aromatic rings. The van der Waals surface area contributed by atoms with Gasteiger partial charge in [0, 0.05) is 0 Å². The average Bonchev–Trinajstić information content (AvgIpc) is 2.62. The summed E-state index contributed by atoms with van der Waals surface area (Å²) in [6.07, 6.45) is 0. The summed E-state index contributed by atoms with van der Waals surface area (Å²) in [7, 11) is -5.56. The molecule has 0 N–H and O–H groups in total. The van der Waals surface area contributed by atoms with Gasteiger partial charge in [-0.2, -0.15) is 0 Å². The molecule has 145 valence electrons. The largest absolute Gasteiger partial charge is 0.658 e. The third kappa shape index (κ3) is 5.04. The zero-order valence-corrected chi connectivity index (χ0v) is 17.2. The predicted octanol–water partition coefficient (Wildman–Crippen LogP) is 3.04. The SMILES string of the molecule is CC(C)S(=O)(=O)c1ccc(O[B]Oc2ccc(S(=O)(=O)C(C)C)cc2)cc1. The van der Waals surface area contributed by atoms with Gasteiger partial charge in [-0.25, -0.2) is 16.8 Å². The molecule has 0 aliphatic rings. The highest BCUT2D eigenvalue weighted by Crippen LogP contribution is 2.21. The summed E-state index contributed by atoms with van der Waals surface area (Å²) in [4.78, 5) is 0.459. The van der Waals surface area contributed by atoms with Gasteiger partial charge in [0.1, 0.15) is 11.5 Å². The van der Waals surface area contributed by atoms with E-state index in [-0.39, 0.29) is 9.79 Å². The van der Waals surface area contributed by atoms with Gasteiger partial charge in [0.2, 0.25) is 0 Å². The zero-order valence-electron chi connectivity index (χ0n) is 15.6. The van der Waals surface area contributed by atoms with Crippen molar-refractivity contribution in [1.82, 2.24) is 0 Å². The van der Waals surface area contributed by atoms with Crippen molar-refractivity contribution in [2.45, 2.75) is 48.0 Å². The number of hydrogen-bond acceptors (Lipinski definition) is 6. The van der Waals surface area contributed by atoms with Crippen LogP contribution in [0.3, 0.4) is 0 Å². The van der Waals surface area contributed by atoms with E-state index in [0.717, 1.165) is 7.69 Å². The lowest BCUT2D eigenvalue weighted by molar-refractivity contribution is 0.458. The highest BCUT2D eigenvalue weighted by molar-refractivity contribution is 7.92. The van der Waals surface area contributed by atoms with Gasteiger partial charge in [-0.3, -0.25) is 0 Å². The minimum absolute atomic E-state index is 0.229. The van der Waals surface area contributed by atoms with Crippen molar-refractivity contribution in [3.05, 3.63) is 48.5 Å². The molecule has 0 heterocycles. The Morgan fingerprint density at radius 3 is 1.19 bits per heavy atom. The number of benzene rings is 2. The molecule has 9 heteroatoms. The van der Waals surface area contributed by atoms with E-state index >= 15 is 0 Å². The molecular weight excluding hydrogens is 387 g/mol. The van der Waals surface area contributed by atoms with Crippen LogP contribution in [0.15, 0.2) is 58.3 Å². The van der Waals surface area contributed by atoms with E-state index in [1.807, 2.05) is 0 Å². The molecule has 0 atom stereocenters. The first-order valence-corrected chi connectivity index (χ1v) is 11.5. The Balaban J connectivity index is 1.95. The third-order valence-corrected chi connectivity index (χ3v) is 8.25. The number of rotatable bonds is 8. The molecule has 0 aliphatic carbocycles. The van der Waals surface area contributed by atoms with Crippen LogP contribution in [0.1, 0.15) is 27.7 Å². The summed E-state index contributed by atoms with van der Waals surface area (Å²) in [6.45, 7) is 6.50. The van der Waals surface area contributed by atoms with Crippen LogP contribution in [0, 0.1) is 0 Å². The van der Waals surface area contributed by atoms with Gasteiger partial charge in [0.05, 0.1) is 20.3 Å². The van der Waals surface area contributed by atoms with Crippen LogP contribution in [0.5, 0.6) is 11.5 Å². The standard InChI is InChI=1S/C18H22BO6S2/c1-13(2)26(20,21)17-9-5-15(6-10-17)24-19-25-16-7-11-18(12-8-16)27(22,23)14(3)4/h5-14H,1-4H3. The minimum atomic E-state index is -3.33. The van der Waals surface area contributed by atoms with Crippen LogP contribution in [0.4, 0.5) is 0 Å². The van der Waals surface area contributed by atoms with E-state index in [1.54, 1.807) is 27.7 Å². The molecule has 0 fully saturated rings. The van der Waals surface area contributed by atoms with Crippen molar-refractivity contribution in [1.29, 1.82) is 0 Å². The van der Waals surface area contributed by atoms with E-state index in [0.29, 0.717) is 11.5 Å². The van der Waals surface area contributed by atoms with E-state index in [2.05, 4.69) is 0 Å². The minimum Gasteiger partial charge on any atom is -0.526 e. The summed E-state index contributed by atoms with van der Waals surface area (Å²) in [5, 5.41) is -0.997. The second kappa shape index (κ2) is 8.35. The normalized spacial score (nSPS) is 12.2. The van der Waals surface area contributed by atoms with Gasteiger partial charge >= 0.3 is 7.69 Å². The molecule has 2 rings (SSSR count). The van der Waals surface area contributed by atoms with Gasteiger partial charge in [-0.1, -0.05) is 0 Å². The molecule has 0 unspecified atom stereocenters. The molecule has 0 amide bonds. The Labute approximate surface area is 161 Å². The third-order valence-electron chi connectivity index (χ3n) is 3.91. The molecule has 6 nitrogen and oxygen atoms in total. The maximum Gasteiger partial charge on any atom is 0.658 e. The topological polar surface area (TPSA) is 86.7 Å². The molecule has 0 aromatic heterocycles. The first-order valence-electron chi connectivity index (χ1n) is 8.38. The Morgan fingerprint density at radius 1 is 0.630 bits per heavy atom. The molecule has 0 saturated heterocycles. The van der Waals surface area contributed by atoms with Crippen molar-refractivity contribution in [3.63, 3.8) is 0 Å². The first-order chi connectivity index (χ1) is 12.5. The van der Waals surface area contributed by atoms with Crippen molar-refractivity contribution in [2.75, 3.05) is 0 Å². The average molecular weight is 409 g/mol. The van der Waals surface area contributed by atoms with Crippen LogP contribution in [0.2, 0.25) is 0 Å². The number of hydrogen-bond donors (Lipinski definition) is 0. The fraction of sp³-hybridized carbons (Fsp3) is 0.333. The summed E-state index contributed by atoms with van der Waals surface area (Å²) in [6, 6.07) is 12.0. The van der Waals surface area contributed by atoms with E-state index in [9.17, 15) is 16.8 Å². The van der Waals surface area contributed by atoms with Gasteiger partial charge in [0.25, 0.3) is 0 Å². The molecule has 0 bridgehead atoms. The van der Waals surface area contributed by atoms with Crippen LogP contribution in [-0.4, -0.2) is 35.0 Å². The molecule has 1 radical (unpaired) electrons. The molecule has 0 saturated carbocycles. The fourth-order valence-electron chi connectivity index (χ4n) is 2.10. The fourth-order valence-corrected chi connectivity index (χ4v) is 4.21. The van der Waals surface area contributed by atoms with E-state index < -0.39 is 30.2 Å². The second-order valence-electron chi connectivity index (χ2n) is 6.46. The zero-order chi connectivity index (χ0) is 20.2. The predicted molar refractivity (Wildman–Crippen MR) is 105 cm³/mol. The molecular formula is C18H22BO6S2. The van der Waals surface area contributed by atoms with Crippen molar-refractivity contribution < 1.29 is 26.1 Å². The van der Waals surface area contributed by atoms with Gasteiger partial charge < -0.3 is 9.31 Å². The lowest BCUT2D eigenvalue weighted by Gasteiger charge is -2.10. The van der Waals surface area contributed by atoms with Crippen molar-refractivity contribution in [3.8, 4) is 11.5 Å². The quantitative estimate of drug-likeness (QED) is 0.623. The summed E-state index contributed by atoms with van der Waals surface area (Å²) < 4.78 is 58.9. The Kier molecular flexibility index (Phi) is 6.59. The van der Waals surface area contributed by atoms with Crippen molar-refractivity contribution >= 4 is 27.4 Å². The van der Waals surface area contributed by atoms with Gasteiger partial charge in [-0.15, -0.1) is 0 Å². The highest BCUT2D eigenvalue weighted by atomic mass is 32.2. The lowest BCUT2D eigenvalue weighted by atomic mass is 10.3. The van der Waals surface area contributed by atoms with E-state index in [1.165, 1.54) is 48.5 Å². The Hall–Kier alpha value is -2.00. The van der Waals surface area contributed by atoms with Crippen molar-refractivity contribution in [2.24, 2.45) is 0 Å². The Morgan fingerprint density at radius 2 is 0.926 bits per heavy atom. The summed E-state index contributed by atoms with van der Waals surface area (Å²) in [5.41, 5.74) is 0. The van der Waals surface area contributed by atoms with Crippen LogP contribution in [0.25, 0.3) is 0 Å². The molecule has 2 aromatic carbocycles. The number of sulfone groups is 2. The lowest BCUT2D eigenvalue weighted by Crippen LogP contribution is -2.15. The van der Waals surface area contributed by atoms with E-state index in [4.69, 9.17) is 9.31 Å². The van der Waals surface area contributed by atoms with Gasteiger partial charge in [-0.05, 0) is 76.2 Å². The first kappa shape index (κ1) is 21.3. The maximum atomic E-state index is 12.1. The van der Waals surface area contributed by atoms with Crippen LogP contribution >= 0.6 is 0 Å². The maximum absolute atomic E-state index is 12.1. The summed E-state index contributed by atoms with van der Waals surface area (Å²) in [5.74, 6) is 0.827. The molecule has 0 aliphatic heterocycles. The second-order valence-corrected chi connectivity index (χ2v) is 11.5.